The van der Waals surface area contributed by atoms with Gasteiger partial charge in [0.05, 0.1) is 17.8 Å². The normalized spacial score (nSPS) is 51.0. The Balaban J connectivity index is 1.60. The van der Waals surface area contributed by atoms with Crippen molar-refractivity contribution in [2.24, 2.45) is 56.7 Å². The molecular weight excluding hydrogens is 482 g/mol. The van der Waals surface area contributed by atoms with Crippen LogP contribution in [0.1, 0.15) is 106 Å². The predicted molar refractivity (Wildman–Crippen MR) is 148 cm³/mol. The van der Waals surface area contributed by atoms with E-state index in [2.05, 4.69) is 59.3 Å². The van der Waals surface area contributed by atoms with Crippen LogP contribution in [0.5, 0.6) is 0 Å². The Morgan fingerprint density at radius 2 is 1.62 bits per heavy atom. The van der Waals surface area contributed by atoms with Crippen molar-refractivity contribution in [1.82, 2.24) is 4.72 Å². The lowest BCUT2D eigenvalue weighted by molar-refractivity contribution is -0.204. The fourth-order valence-electron chi connectivity index (χ4n) is 11.1. The molecule has 4 saturated carbocycles. The second-order valence-electron chi connectivity index (χ2n) is 15.4. The van der Waals surface area contributed by atoms with Crippen molar-refractivity contribution in [3.63, 3.8) is 0 Å². The van der Waals surface area contributed by atoms with Crippen molar-refractivity contribution in [3.05, 3.63) is 11.6 Å². The molecule has 0 aromatic carbocycles. The summed E-state index contributed by atoms with van der Waals surface area (Å²) >= 11 is 0. The largest absolute Gasteiger partial charge is 0.393 e. The van der Waals surface area contributed by atoms with E-state index in [0.717, 1.165) is 64.0 Å². The third kappa shape index (κ3) is 3.62. The molecule has 0 aliphatic heterocycles. The molecule has 10 atom stereocenters. The number of aliphatic hydroxyl groups excluding tert-OH is 1. The third-order valence-corrected chi connectivity index (χ3v) is 14.3. The van der Waals surface area contributed by atoms with E-state index in [4.69, 9.17) is 0 Å². The molecule has 0 aromatic heterocycles. The van der Waals surface area contributed by atoms with Gasteiger partial charge in [-0.2, -0.15) is 0 Å². The van der Waals surface area contributed by atoms with Crippen LogP contribution in [0.25, 0.3) is 0 Å². The Bertz CT molecular complexity index is 1110. The number of allylic oxidation sites excluding steroid dienone is 2. The highest BCUT2D eigenvalue weighted by Crippen LogP contribution is 2.75. The van der Waals surface area contributed by atoms with Gasteiger partial charge in [-0.05, 0) is 109 Å². The first-order valence-electron chi connectivity index (χ1n) is 14.8. The molecule has 210 valence electrons. The summed E-state index contributed by atoms with van der Waals surface area (Å²) in [6.45, 7) is 16.7. The maximum Gasteiger partial charge on any atom is 0.240 e. The van der Waals surface area contributed by atoms with Gasteiger partial charge in [-0.25, -0.2) is 8.42 Å². The lowest BCUT2D eigenvalue weighted by Gasteiger charge is -2.71. The average Bonchev–Trinajstić information content (AvgIpc) is 2.78. The van der Waals surface area contributed by atoms with Crippen LogP contribution in [0, 0.1) is 56.7 Å². The highest BCUT2D eigenvalue weighted by Gasteiger charge is 2.69. The van der Waals surface area contributed by atoms with Crippen LogP contribution in [0.3, 0.4) is 0 Å². The van der Waals surface area contributed by atoms with Crippen LogP contribution in [0.15, 0.2) is 11.6 Å². The van der Waals surface area contributed by atoms with E-state index in [-0.39, 0.29) is 39.6 Å². The van der Waals surface area contributed by atoms with Gasteiger partial charge in [0.15, 0.2) is 0 Å². The van der Waals surface area contributed by atoms with Crippen LogP contribution in [0.4, 0.5) is 0 Å². The Morgan fingerprint density at radius 3 is 2.27 bits per heavy atom. The average molecular weight is 534 g/mol. The molecule has 1 unspecified atom stereocenters. The fraction of sp³-hybridized carbons (Fsp3) is 0.903. The minimum Gasteiger partial charge on any atom is -0.393 e. The number of rotatable bonds is 2. The minimum atomic E-state index is -3.61. The molecular formula is C31H51NO4S. The number of carbonyl (C=O) groups excluding carboxylic acids is 1. The summed E-state index contributed by atoms with van der Waals surface area (Å²) in [5.41, 5.74) is 1.06. The molecule has 5 nitrogen and oxygen atoms in total. The van der Waals surface area contributed by atoms with Crippen molar-refractivity contribution in [3.8, 4) is 0 Å². The fourth-order valence-corrected chi connectivity index (χ4v) is 11.7. The second-order valence-corrected chi connectivity index (χ2v) is 17.1. The van der Waals surface area contributed by atoms with Crippen LogP contribution in [-0.4, -0.2) is 31.8 Å². The Labute approximate surface area is 225 Å². The van der Waals surface area contributed by atoms with Gasteiger partial charge in [-0.1, -0.05) is 60.1 Å². The van der Waals surface area contributed by atoms with Gasteiger partial charge in [0.1, 0.15) is 0 Å². The maximum absolute atomic E-state index is 13.8. The lowest BCUT2D eigenvalue weighted by atomic mass is 9.33. The first-order valence-corrected chi connectivity index (χ1v) is 16.7. The van der Waals surface area contributed by atoms with Crippen molar-refractivity contribution in [2.75, 3.05) is 6.26 Å². The number of hydrogen-bond acceptors (Lipinski definition) is 4. The Kier molecular flexibility index (Phi) is 6.22. The predicted octanol–water partition coefficient (Wildman–Crippen LogP) is 6.08. The van der Waals surface area contributed by atoms with E-state index in [0.29, 0.717) is 23.7 Å². The zero-order chi connectivity index (χ0) is 27.4. The number of hydrogen-bond donors (Lipinski definition) is 2. The zero-order valence-electron chi connectivity index (χ0n) is 24.5. The third-order valence-electron chi connectivity index (χ3n) is 13.7. The number of carbonyl (C=O) groups is 1. The lowest BCUT2D eigenvalue weighted by Crippen LogP contribution is -2.66. The van der Waals surface area contributed by atoms with Crippen LogP contribution in [0.2, 0.25) is 0 Å². The summed E-state index contributed by atoms with van der Waals surface area (Å²) in [6.07, 6.45) is 12.1. The molecule has 0 radical (unpaired) electrons. The van der Waals surface area contributed by atoms with E-state index in [1.165, 1.54) is 5.57 Å². The molecule has 5 aliphatic rings. The number of aliphatic hydroxyl groups is 1. The van der Waals surface area contributed by atoms with Crippen LogP contribution in [-0.2, 0) is 14.8 Å². The van der Waals surface area contributed by atoms with E-state index >= 15 is 0 Å². The second kappa shape index (κ2) is 8.32. The van der Waals surface area contributed by atoms with Crippen molar-refractivity contribution in [2.45, 2.75) is 112 Å². The Hall–Kier alpha value is -0.880. The van der Waals surface area contributed by atoms with E-state index in [9.17, 15) is 18.3 Å². The van der Waals surface area contributed by atoms with E-state index in [1.807, 2.05) is 0 Å². The van der Waals surface area contributed by atoms with Gasteiger partial charge >= 0.3 is 0 Å². The van der Waals surface area contributed by atoms with Gasteiger partial charge in [-0.15, -0.1) is 0 Å². The smallest absolute Gasteiger partial charge is 0.240 e. The molecule has 5 aliphatic carbocycles. The maximum atomic E-state index is 13.8. The van der Waals surface area contributed by atoms with Crippen molar-refractivity contribution < 1.29 is 18.3 Å². The highest BCUT2D eigenvalue weighted by atomic mass is 32.2. The molecule has 2 N–H and O–H groups in total. The van der Waals surface area contributed by atoms with E-state index in [1.54, 1.807) is 0 Å². The van der Waals surface area contributed by atoms with Gasteiger partial charge < -0.3 is 5.11 Å². The molecule has 0 aromatic rings. The molecule has 4 fully saturated rings. The summed E-state index contributed by atoms with van der Waals surface area (Å²) in [6, 6.07) is 0. The van der Waals surface area contributed by atoms with Crippen LogP contribution < -0.4 is 4.72 Å². The number of fused-ring (bicyclic) bond motifs is 7. The Morgan fingerprint density at radius 1 is 0.946 bits per heavy atom. The first kappa shape index (κ1) is 27.7. The summed E-state index contributed by atoms with van der Waals surface area (Å²) in [4.78, 5) is 13.8. The number of sulfonamides is 1. The molecule has 37 heavy (non-hydrogen) atoms. The molecule has 5 rings (SSSR count). The molecule has 0 bridgehead atoms. The minimum absolute atomic E-state index is 0.00500. The molecule has 0 saturated heterocycles. The van der Waals surface area contributed by atoms with Gasteiger partial charge in [0.25, 0.3) is 0 Å². The topological polar surface area (TPSA) is 83.5 Å². The first-order chi connectivity index (χ1) is 16.9. The van der Waals surface area contributed by atoms with Crippen molar-refractivity contribution in [1.29, 1.82) is 0 Å². The SMILES string of the molecule is C[C@H]1[C@H](C)CC[C@]2(C(=O)NS(C)(=O)=O)CC[C@]3(C)C(=CC[C@@H]4[C@@]5(C)CC[C@H](O)C(C)(C)C5CC[C@]43C)[C@H]12. The zero-order valence-corrected chi connectivity index (χ0v) is 25.3. The van der Waals surface area contributed by atoms with Gasteiger partial charge in [-0.3, -0.25) is 9.52 Å². The summed E-state index contributed by atoms with van der Waals surface area (Å²) in [5, 5.41) is 10.9. The van der Waals surface area contributed by atoms with Crippen molar-refractivity contribution >= 4 is 15.9 Å². The van der Waals surface area contributed by atoms with Gasteiger partial charge in [0.2, 0.25) is 15.9 Å². The summed E-state index contributed by atoms with van der Waals surface area (Å²) in [7, 11) is -3.61. The molecule has 0 heterocycles. The quantitative estimate of drug-likeness (QED) is 0.421. The molecule has 1 amide bonds. The number of nitrogens with one attached hydrogen (secondary N) is 1. The number of amides is 1. The van der Waals surface area contributed by atoms with E-state index < -0.39 is 15.4 Å². The summed E-state index contributed by atoms with van der Waals surface area (Å²) in [5.74, 6) is 1.72. The van der Waals surface area contributed by atoms with Crippen LogP contribution >= 0.6 is 0 Å². The standard InChI is InChI=1S/C31H51NO4S/c1-19-11-16-31(26(34)32-37(8,35)36)18-17-29(6)21(25(31)20(19)2)9-10-23-28(5)14-13-24(33)27(3,4)22(28)12-15-30(23,29)7/h9,19-20,22-25,33H,10-18H2,1-8H3,(H,32,34)/t19-,20+,22?,23-,24+,25+,28+,29-,30-,31+/m1/s1. The molecule has 6 heteroatoms. The summed E-state index contributed by atoms with van der Waals surface area (Å²) < 4.78 is 26.8. The van der Waals surface area contributed by atoms with Gasteiger partial charge in [0, 0.05) is 0 Å². The monoisotopic (exact) mass is 533 g/mol. The highest BCUT2D eigenvalue weighted by molar-refractivity contribution is 7.89. The molecule has 0 spiro atoms.